The monoisotopic (exact) mass is 329 g/mol. The van der Waals surface area contributed by atoms with E-state index in [9.17, 15) is 18.0 Å². The maximum absolute atomic E-state index is 12.2. The van der Waals surface area contributed by atoms with E-state index in [0.717, 1.165) is 0 Å². The van der Waals surface area contributed by atoms with E-state index in [2.05, 4.69) is 10.5 Å². The number of hydrogen-bond acceptors (Lipinski definition) is 6. The molecule has 122 valence electrons. The van der Waals surface area contributed by atoms with Gasteiger partial charge in [-0.15, -0.1) is 0 Å². The molecule has 1 saturated heterocycles. The number of aryl methyl sites for hydroxylation is 1. The Morgan fingerprint density at radius 2 is 2.23 bits per heavy atom. The highest BCUT2D eigenvalue weighted by atomic mass is 32.2. The summed E-state index contributed by atoms with van der Waals surface area (Å²) in [5.41, 5.74) is 0.149. The standard InChI is InChI=1S/C13H19N3O5S/c1-3-16(13(18)11-6-9(2)21-15-11)7-12(17)14-10-4-5-22(19,20)8-10/h6,10H,3-5,7-8H2,1-2H3,(H,14,17)/t10-/m1/s1. The normalized spacial score (nSPS) is 19.8. The molecule has 0 aromatic carbocycles. The molecule has 22 heavy (non-hydrogen) atoms. The van der Waals surface area contributed by atoms with Crippen LogP contribution in [0.2, 0.25) is 0 Å². The highest BCUT2D eigenvalue weighted by molar-refractivity contribution is 7.91. The summed E-state index contributed by atoms with van der Waals surface area (Å²) in [6.07, 6.45) is 0.413. The van der Waals surface area contributed by atoms with Crippen molar-refractivity contribution in [1.29, 1.82) is 0 Å². The molecule has 2 rings (SSSR count). The zero-order chi connectivity index (χ0) is 16.3. The molecule has 0 spiro atoms. The second-order valence-corrected chi connectivity index (χ2v) is 7.54. The van der Waals surface area contributed by atoms with Crippen LogP contribution in [0.4, 0.5) is 0 Å². The van der Waals surface area contributed by atoms with Crippen molar-refractivity contribution in [2.75, 3.05) is 24.6 Å². The van der Waals surface area contributed by atoms with Crippen molar-refractivity contribution < 1.29 is 22.5 Å². The minimum atomic E-state index is -3.05. The van der Waals surface area contributed by atoms with Crippen LogP contribution in [0.25, 0.3) is 0 Å². The largest absolute Gasteiger partial charge is 0.361 e. The number of hydrogen-bond donors (Lipinski definition) is 1. The van der Waals surface area contributed by atoms with E-state index in [1.54, 1.807) is 13.8 Å². The van der Waals surface area contributed by atoms with Crippen molar-refractivity contribution in [3.05, 3.63) is 17.5 Å². The van der Waals surface area contributed by atoms with Gasteiger partial charge < -0.3 is 14.7 Å². The first-order valence-electron chi connectivity index (χ1n) is 7.03. The Labute approximate surface area is 128 Å². The molecule has 1 aliphatic heterocycles. The number of likely N-dealkylation sites (N-methyl/N-ethyl adjacent to an activating group) is 1. The smallest absolute Gasteiger partial charge is 0.276 e. The Morgan fingerprint density at radius 1 is 1.50 bits per heavy atom. The van der Waals surface area contributed by atoms with E-state index >= 15 is 0 Å². The molecule has 0 unspecified atom stereocenters. The fourth-order valence-corrected chi connectivity index (χ4v) is 3.99. The summed E-state index contributed by atoms with van der Waals surface area (Å²) in [6.45, 7) is 3.62. The van der Waals surface area contributed by atoms with Gasteiger partial charge in [0.05, 0.1) is 18.1 Å². The van der Waals surface area contributed by atoms with Crippen LogP contribution in [0.1, 0.15) is 29.6 Å². The lowest BCUT2D eigenvalue weighted by atomic mass is 10.2. The number of amides is 2. The fraction of sp³-hybridized carbons (Fsp3) is 0.615. The summed E-state index contributed by atoms with van der Waals surface area (Å²) in [7, 11) is -3.05. The molecule has 0 saturated carbocycles. The van der Waals surface area contributed by atoms with Crippen LogP contribution in [0, 0.1) is 6.92 Å². The first-order valence-corrected chi connectivity index (χ1v) is 8.85. The molecule has 1 aliphatic rings. The van der Waals surface area contributed by atoms with Gasteiger partial charge in [-0.25, -0.2) is 8.42 Å². The Bertz CT molecular complexity index is 667. The van der Waals surface area contributed by atoms with E-state index in [4.69, 9.17) is 4.52 Å². The third kappa shape index (κ3) is 4.06. The lowest BCUT2D eigenvalue weighted by Gasteiger charge is -2.20. The van der Waals surface area contributed by atoms with Crippen molar-refractivity contribution in [1.82, 2.24) is 15.4 Å². The SMILES string of the molecule is CCN(CC(=O)N[C@@H]1CCS(=O)(=O)C1)C(=O)c1cc(C)on1. The minimum absolute atomic E-state index is 0.0404. The molecule has 0 bridgehead atoms. The molecule has 2 heterocycles. The van der Waals surface area contributed by atoms with Crippen LogP contribution in [-0.2, 0) is 14.6 Å². The average molecular weight is 329 g/mol. The number of aromatic nitrogens is 1. The summed E-state index contributed by atoms with van der Waals surface area (Å²) in [5, 5.41) is 6.29. The molecule has 1 atom stereocenters. The van der Waals surface area contributed by atoms with Gasteiger partial charge >= 0.3 is 0 Å². The van der Waals surface area contributed by atoms with E-state index in [0.29, 0.717) is 18.7 Å². The molecule has 1 N–H and O–H groups in total. The van der Waals surface area contributed by atoms with Crippen LogP contribution in [0.3, 0.4) is 0 Å². The van der Waals surface area contributed by atoms with Crippen molar-refractivity contribution in [3.8, 4) is 0 Å². The van der Waals surface area contributed by atoms with E-state index in [-0.39, 0.29) is 35.7 Å². The zero-order valence-electron chi connectivity index (χ0n) is 12.5. The average Bonchev–Trinajstić information content (AvgIpc) is 3.01. The number of nitrogens with one attached hydrogen (secondary N) is 1. The van der Waals surface area contributed by atoms with Gasteiger partial charge in [0.1, 0.15) is 5.76 Å². The summed E-state index contributed by atoms with van der Waals surface area (Å²) < 4.78 is 27.6. The van der Waals surface area contributed by atoms with Crippen LogP contribution < -0.4 is 5.32 Å². The highest BCUT2D eigenvalue weighted by Gasteiger charge is 2.29. The lowest BCUT2D eigenvalue weighted by molar-refractivity contribution is -0.122. The van der Waals surface area contributed by atoms with Crippen LogP contribution in [0.15, 0.2) is 10.6 Å². The molecule has 2 amide bonds. The van der Waals surface area contributed by atoms with Gasteiger partial charge in [0, 0.05) is 18.7 Å². The minimum Gasteiger partial charge on any atom is -0.361 e. The Balaban J connectivity index is 1.92. The lowest BCUT2D eigenvalue weighted by Crippen LogP contribution is -2.44. The van der Waals surface area contributed by atoms with Gasteiger partial charge in [0.2, 0.25) is 5.91 Å². The molecular weight excluding hydrogens is 310 g/mol. The topological polar surface area (TPSA) is 110 Å². The molecule has 1 aromatic heterocycles. The number of sulfone groups is 1. The molecule has 0 radical (unpaired) electrons. The summed E-state index contributed by atoms with van der Waals surface area (Å²) in [6, 6.07) is 1.13. The quantitative estimate of drug-likeness (QED) is 0.797. The van der Waals surface area contributed by atoms with Gasteiger partial charge in [-0.2, -0.15) is 0 Å². The Morgan fingerprint density at radius 3 is 2.73 bits per heavy atom. The second-order valence-electron chi connectivity index (χ2n) is 5.31. The maximum Gasteiger partial charge on any atom is 0.276 e. The fourth-order valence-electron chi connectivity index (χ4n) is 2.31. The van der Waals surface area contributed by atoms with Crippen molar-refractivity contribution in [2.45, 2.75) is 26.3 Å². The van der Waals surface area contributed by atoms with Crippen LogP contribution in [0.5, 0.6) is 0 Å². The van der Waals surface area contributed by atoms with Gasteiger partial charge in [-0.1, -0.05) is 5.16 Å². The molecular formula is C13H19N3O5S. The molecule has 1 fully saturated rings. The number of carbonyl (C=O) groups excluding carboxylic acids is 2. The summed E-state index contributed by atoms with van der Waals surface area (Å²) in [5.74, 6) is -0.209. The van der Waals surface area contributed by atoms with Crippen molar-refractivity contribution in [2.24, 2.45) is 0 Å². The van der Waals surface area contributed by atoms with Gasteiger partial charge in [-0.3, -0.25) is 9.59 Å². The van der Waals surface area contributed by atoms with Crippen molar-refractivity contribution >= 4 is 21.7 Å². The first kappa shape index (κ1) is 16.5. The molecule has 8 nitrogen and oxygen atoms in total. The first-order chi connectivity index (χ1) is 10.3. The Kier molecular flexibility index (Phi) is 4.84. The predicted molar refractivity (Wildman–Crippen MR) is 78.0 cm³/mol. The predicted octanol–water partition coefficient (Wildman–Crippen LogP) is -0.252. The van der Waals surface area contributed by atoms with Gasteiger partial charge in [-0.05, 0) is 20.3 Å². The number of carbonyl (C=O) groups is 2. The Hall–Kier alpha value is -1.90. The highest BCUT2D eigenvalue weighted by Crippen LogP contribution is 2.11. The third-order valence-electron chi connectivity index (χ3n) is 3.45. The maximum atomic E-state index is 12.2. The number of nitrogens with zero attached hydrogens (tertiary/aromatic N) is 2. The van der Waals surface area contributed by atoms with Crippen LogP contribution >= 0.6 is 0 Å². The van der Waals surface area contributed by atoms with Gasteiger partial charge in [0.15, 0.2) is 15.5 Å². The van der Waals surface area contributed by atoms with Crippen LogP contribution in [-0.4, -0.2) is 60.9 Å². The molecule has 1 aromatic rings. The van der Waals surface area contributed by atoms with E-state index in [1.807, 2.05) is 0 Å². The molecule has 9 heteroatoms. The van der Waals surface area contributed by atoms with E-state index in [1.165, 1.54) is 11.0 Å². The third-order valence-corrected chi connectivity index (χ3v) is 5.22. The number of rotatable bonds is 5. The summed E-state index contributed by atoms with van der Waals surface area (Å²) in [4.78, 5) is 25.5. The molecule has 0 aliphatic carbocycles. The second kappa shape index (κ2) is 6.47. The summed E-state index contributed by atoms with van der Waals surface area (Å²) >= 11 is 0. The van der Waals surface area contributed by atoms with E-state index < -0.39 is 15.7 Å². The van der Waals surface area contributed by atoms with Gasteiger partial charge in [0.25, 0.3) is 5.91 Å². The van der Waals surface area contributed by atoms with Crippen molar-refractivity contribution in [3.63, 3.8) is 0 Å². The zero-order valence-corrected chi connectivity index (χ0v) is 13.4.